The average molecular weight is 283 g/mol. The SMILES string of the molecule is CCc1cn[nH]c1NC(=O)C1(c2ccccc2)CCCC1. The Bertz CT molecular complexity index is 612. The molecule has 0 atom stereocenters. The van der Waals surface area contributed by atoms with Crippen LogP contribution in [0.15, 0.2) is 36.5 Å². The van der Waals surface area contributed by atoms with Crippen LogP contribution in [0.2, 0.25) is 0 Å². The normalized spacial score (nSPS) is 16.8. The van der Waals surface area contributed by atoms with Crippen LogP contribution in [0.3, 0.4) is 0 Å². The third-order valence-corrected chi connectivity index (χ3v) is 4.56. The summed E-state index contributed by atoms with van der Waals surface area (Å²) >= 11 is 0. The third kappa shape index (κ3) is 2.46. The van der Waals surface area contributed by atoms with Crippen LogP contribution in [0.25, 0.3) is 0 Å². The summed E-state index contributed by atoms with van der Waals surface area (Å²) in [5.74, 6) is 0.829. The minimum atomic E-state index is -0.391. The van der Waals surface area contributed by atoms with Crippen molar-refractivity contribution in [3.05, 3.63) is 47.7 Å². The van der Waals surface area contributed by atoms with Gasteiger partial charge in [0, 0.05) is 5.56 Å². The highest BCUT2D eigenvalue weighted by Crippen LogP contribution is 2.42. The first kappa shape index (κ1) is 13.9. The molecule has 1 amide bonds. The highest BCUT2D eigenvalue weighted by Gasteiger charge is 2.42. The number of anilines is 1. The molecule has 1 aromatic carbocycles. The minimum Gasteiger partial charge on any atom is -0.310 e. The van der Waals surface area contributed by atoms with Crippen molar-refractivity contribution in [2.45, 2.75) is 44.4 Å². The van der Waals surface area contributed by atoms with E-state index < -0.39 is 5.41 Å². The van der Waals surface area contributed by atoms with Gasteiger partial charge in [0.15, 0.2) is 0 Å². The number of hydrogen-bond donors (Lipinski definition) is 2. The summed E-state index contributed by atoms with van der Waals surface area (Å²) < 4.78 is 0. The smallest absolute Gasteiger partial charge is 0.236 e. The zero-order valence-corrected chi connectivity index (χ0v) is 12.4. The molecule has 0 saturated heterocycles. The second-order valence-electron chi connectivity index (χ2n) is 5.73. The van der Waals surface area contributed by atoms with E-state index in [2.05, 4.69) is 34.6 Å². The van der Waals surface area contributed by atoms with Crippen LogP contribution in [-0.4, -0.2) is 16.1 Å². The van der Waals surface area contributed by atoms with Gasteiger partial charge in [0.25, 0.3) is 0 Å². The van der Waals surface area contributed by atoms with Gasteiger partial charge in [0.1, 0.15) is 5.82 Å². The Kier molecular flexibility index (Phi) is 3.78. The van der Waals surface area contributed by atoms with Crippen LogP contribution >= 0.6 is 0 Å². The lowest BCUT2D eigenvalue weighted by Gasteiger charge is -2.28. The molecule has 0 spiro atoms. The predicted molar refractivity (Wildman–Crippen MR) is 83.2 cm³/mol. The number of amides is 1. The van der Waals surface area contributed by atoms with Crippen molar-refractivity contribution in [2.24, 2.45) is 0 Å². The van der Waals surface area contributed by atoms with Crippen molar-refractivity contribution >= 4 is 11.7 Å². The van der Waals surface area contributed by atoms with Crippen LogP contribution < -0.4 is 5.32 Å². The molecule has 0 aliphatic heterocycles. The second kappa shape index (κ2) is 5.72. The molecule has 1 saturated carbocycles. The molecule has 4 nitrogen and oxygen atoms in total. The average Bonchev–Trinajstić information content (AvgIpc) is 3.17. The zero-order valence-electron chi connectivity index (χ0n) is 12.4. The highest BCUT2D eigenvalue weighted by atomic mass is 16.2. The number of nitrogens with one attached hydrogen (secondary N) is 2. The summed E-state index contributed by atoms with van der Waals surface area (Å²) in [6.45, 7) is 2.06. The number of carbonyl (C=O) groups is 1. The molecule has 3 rings (SSSR count). The Morgan fingerprint density at radius 2 is 2.00 bits per heavy atom. The molecule has 1 aliphatic carbocycles. The van der Waals surface area contributed by atoms with E-state index in [0.717, 1.165) is 49.0 Å². The van der Waals surface area contributed by atoms with Gasteiger partial charge in [-0.15, -0.1) is 0 Å². The summed E-state index contributed by atoms with van der Waals surface area (Å²) in [6.07, 6.45) is 6.67. The van der Waals surface area contributed by atoms with Crippen LogP contribution in [0.5, 0.6) is 0 Å². The van der Waals surface area contributed by atoms with Crippen LogP contribution in [0, 0.1) is 0 Å². The van der Waals surface area contributed by atoms with Crippen LogP contribution in [-0.2, 0) is 16.6 Å². The second-order valence-corrected chi connectivity index (χ2v) is 5.73. The molecule has 110 valence electrons. The van der Waals surface area contributed by atoms with Gasteiger partial charge in [-0.05, 0) is 24.8 Å². The van der Waals surface area contributed by atoms with E-state index in [-0.39, 0.29) is 5.91 Å². The number of nitrogens with zero attached hydrogens (tertiary/aromatic N) is 1. The van der Waals surface area contributed by atoms with Gasteiger partial charge in [-0.1, -0.05) is 50.1 Å². The fraction of sp³-hybridized carbons (Fsp3) is 0.412. The Morgan fingerprint density at radius 3 is 2.67 bits per heavy atom. The number of rotatable bonds is 4. The maximum absolute atomic E-state index is 12.9. The third-order valence-electron chi connectivity index (χ3n) is 4.56. The van der Waals surface area contributed by atoms with E-state index in [1.165, 1.54) is 0 Å². The standard InChI is InChI=1S/C17H21N3O/c1-2-13-12-18-20-15(13)19-16(21)17(10-6-7-11-17)14-8-4-3-5-9-14/h3-5,8-9,12H,2,6-7,10-11H2,1H3,(H2,18,19,20,21). The predicted octanol–water partition coefficient (Wildman–Crippen LogP) is 3.42. The van der Waals surface area contributed by atoms with E-state index in [0.29, 0.717) is 0 Å². The summed E-state index contributed by atoms with van der Waals surface area (Å²) in [5.41, 5.74) is 1.78. The lowest BCUT2D eigenvalue weighted by atomic mass is 9.78. The van der Waals surface area contributed by atoms with Crippen molar-refractivity contribution < 1.29 is 4.79 Å². The van der Waals surface area contributed by atoms with Crippen molar-refractivity contribution in [1.82, 2.24) is 10.2 Å². The lowest BCUT2D eigenvalue weighted by Crippen LogP contribution is -2.38. The molecule has 0 unspecified atom stereocenters. The van der Waals surface area contributed by atoms with Gasteiger partial charge >= 0.3 is 0 Å². The minimum absolute atomic E-state index is 0.0881. The van der Waals surface area contributed by atoms with Crippen LogP contribution in [0.1, 0.15) is 43.7 Å². The molecule has 1 fully saturated rings. The number of aromatic amines is 1. The fourth-order valence-corrected chi connectivity index (χ4v) is 3.30. The Hall–Kier alpha value is -2.10. The Labute approximate surface area is 125 Å². The Balaban J connectivity index is 1.90. The molecule has 0 radical (unpaired) electrons. The van der Waals surface area contributed by atoms with Gasteiger partial charge < -0.3 is 5.32 Å². The van der Waals surface area contributed by atoms with E-state index >= 15 is 0 Å². The molecule has 1 aliphatic rings. The number of aryl methyl sites for hydroxylation is 1. The maximum Gasteiger partial charge on any atom is 0.236 e. The van der Waals surface area contributed by atoms with Gasteiger partial charge in [0.2, 0.25) is 5.91 Å². The van der Waals surface area contributed by atoms with E-state index in [1.54, 1.807) is 6.20 Å². The van der Waals surface area contributed by atoms with Gasteiger partial charge in [-0.25, -0.2) is 0 Å². The van der Waals surface area contributed by atoms with Gasteiger partial charge in [-0.2, -0.15) is 5.10 Å². The quantitative estimate of drug-likeness (QED) is 0.903. The number of hydrogen-bond acceptors (Lipinski definition) is 2. The molecular weight excluding hydrogens is 262 g/mol. The van der Waals surface area contributed by atoms with Crippen molar-refractivity contribution in [1.29, 1.82) is 0 Å². The molecule has 1 aromatic heterocycles. The first-order valence-corrected chi connectivity index (χ1v) is 7.65. The lowest BCUT2D eigenvalue weighted by molar-refractivity contribution is -0.121. The molecule has 4 heteroatoms. The molecule has 0 bridgehead atoms. The topological polar surface area (TPSA) is 57.8 Å². The first-order chi connectivity index (χ1) is 10.3. The van der Waals surface area contributed by atoms with Crippen LogP contribution in [0.4, 0.5) is 5.82 Å². The summed E-state index contributed by atoms with van der Waals surface area (Å²) in [7, 11) is 0. The van der Waals surface area contributed by atoms with Gasteiger partial charge in [0.05, 0.1) is 11.6 Å². The van der Waals surface area contributed by atoms with E-state index in [9.17, 15) is 4.79 Å². The molecule has 2 aromatic rings. The molecule has 1 heterocycles. The maximum atomic E-state index is 12.9. The molecule has 21 heavy (non-hydrogen) atoms. The van der Waals surface area contributed by atoms with E-state index in [4.69, 9.17) is 0 Å². The fourth-order valence-electron chi connectivity index (χ4n) is 3.30. The number of aromatic nitrogens is 2. The van der Waals surface area contributed by atoms with Gasteiger partial charge in [-0.3, -0.25) is 9.89 Å². The van der Waals surface area contributed by atoms with Crippen molar-refractivity contribution in [3.8, 4) is 0 Å². The van der Waals surface area contributed by atoms with E-state index in [1.807, 2.05) is 18.2 Å². The summed E-state index contributed by atoms with van der Waals surface area (Å²) in [4.78, 5) is 12.9. The largest absolute Gasteiger partial charge is 0.310 e. The first-order valence-electron chi connectivity index (χ1n) is 7.65. The number of benzene rings is 1. The Morgan fingerprint density at radius 1 is 1.29 bits per heavy atom. The van der Waals surface area contributed by atoms with Crippen molar-refractivity contribution in [2.75, 3.05) is 5.32 Å². The number of carbonyl (C=O) groups excluding carboxylic acids is 1. The highest BCUT2D eigenvalue weighted by molar-refractivity contribution is 5.99. The molecular formula is C17H21N3O. The zero-order chi connectivity index (χ0) is 14.7. The summed E-state index contributed by atoms with van der Waals surface area (Å²) in [6, 6.07) is 10.2. The number of H-pyrrole nitrogens is 1. The molecule has 2 N–H and O–H groups in total. The summed E-state index contributed by atoms with van der Waals surface area (Å²) in [5, 5.41) is 9.99. The van der Waals surface area contributed by atoms with Crippen molar-refractivity contribution in [3.63, 3.8) is 0 Å². The monoisotopic (exact) mass is 283 g/mol.